The van der Waals surface area contributed by atoms with E-state index in [0.29, 0.717) is 34.5 Å². The normalized spacial score (nSPS) is 10.7. The molecule has 0 atom stereocenters. The van der Waals surface area contributed by atoms with Crippen LogP contribution in [0.3, 0.4) is 0 Å². The number of hydrogen-bond donors (Lipinski definition) is 2. The van der Waals surface area contributed by atoms with Crippen LogP contribution in [0.4, 0.5) is 5.69 Å². The molecule has 4 rings (SSSR count). The van der Waals surface area contributed by atoms with Gasteiger partial charge in [0.2, 0.25) is 5.91 Å². The fourth-order valence-corrected chi connectivity index (χ4v) is 3.48. The summed E-state index contributed by atoms with van der Waals surface area (Å²) in [5.74, 6) is 0.0213. The van der Waals surface area contributed by atoms with E-state index in [9.17, 15) is 14.4 Å². The molecule has 0 spiro atoms. The number of benzene rings is 3. The molecule has 32 heavy (non-hydrogen) atoms. The van der Waals surface area contributed by atoms with Crippen LogP contribution >= 0.6 is 0 Å². The summed E-state index contributed by atoms with van der Waals surface area (Å²) in [4.78, 5) is 46.0. The van der Waals surface area contributed by atoms with Crippen LogP contribution < -0.4 is 10.9 Å². The highest BCUT2D eigenvalue weighted by Crippen LogP contribution is 2.16. The van der Waals surface area contributed by atoms with Crippen molar-refractivity contribution in [1.29, 1.82) is 0 Å². The van der Waals surface area contributed by atoms with Gasteiger partial charge in [0.1, 0.15) is 5.82 Å². The van der Waals surface area contributed by atoms with Crippen molar-refractivity contribution in [1.82, 2.24) is 14.9 Å². The molecule has 0 saturated carbocycles. The summed E-state index contributed by atoms with van der Waals surface area (Å²) in [5, 5.41) is 3.19. The third-order valence-corrected chi connectivity index (χ3v) is 4.96. The molecule has 0 aliphatic carbocycles. The maximum Gasteiger partial charge on any atom is 0.258 e. The van der Waals surface area contributed by atoms with E-state index in [1.165, 1.54) is 6.92 Å². The van der Waals surface area contributed by atoms with Crippen molar-refractivity contribution in [3.8, 4) is 0 Å². The summed E-state index contributed by atoms with van der Waals surface area (Å²) in [5.41, 5.74) is 2.39. The highest BCUT2D eigenvalue weighted by atomic mass is 16.2. The quantitative estimate of drug-likeness (QED) is 0.491. The molecule has 4 aromatic rings. The number of aromatic nitrogens is 2. The fraction of sp³-hybridized carbons (Fsp3) is 0.120. The first kappa shape index (κ1) is 21.0. The van der Waals surface area contributed by atoms with Crippen LogP contribution in [0.2, 0.25) is 0 Å². The Hall–Kier alpha value is -4.26. The second-order valence-electron chi connectivity index (χ2n) is 7.44. The minimum absolute atomic E-state index is 0.140. The van der Waals surface area contributed by atoms with Crippen molar-refractivity contribution in [3.05, 3.63) is 106 Å². The second kappa shape index (κ2) is 9.26. The van der Waals surface area contributed by atoms with Gasteiger partial charge in [0, 0.05) is 24.7 Å². The number of nitrogens with zero attached hydrogens (tertiary/aromatic N) is 2. The average molecular weight is 426 g/mol. The van der Waals surface area contributed by atoms with Gasteiger partial charge in [-0.05, 0) is 42.0 Å². The smallest absolute Gasteiger partial charge is 0.258 e. The summed E-state index contributed by atoms with van der Waals surface area (Å²) in [7, 11) is 0. The number of amides is 2. The van der Waals surface area contributed by atoms with Gasteiger partial charge in [-0.2, -0.15) is 0 Å². The molecule has 1 heterocycles. The minimum atomic E-state index is -0.239. The van der Waals surface area contributed by atoms with Crippen LogP contribution in [0, 0.1) is 0 Å². The SMILES string of the molecule is CC(=O)Nc1ccc(C(=O)N(Cc2ccccc2)Cc2nc3ccccc3c(=O)[nH]2)cc1. The molecule has 7 nitrogen and oxygen atoms in total. The number of nitrogens with one attached hydrogen (secondary N) is 2. The Kier molecular flexibility index (Phi) is 6.07. The van der Waals surface area contributed by atoms with E-state index in [1.807, 2.05) is 36.4 Å². The summed E-state index contributed by atoms with van der Waals surface area (Å²) >= 11 is 0. The summed E-state index contributed by atoms with van der Waals surface area (Å²) < 4.78 is 0. The van der Waals surface area contributed by atoms with Gasteiger partial charge in [0.05, 0.1) is 17.4 Å². The Morgan fingerprint density at radius 2 is 1.59 bits per heavy atom. The van der Waals surface area contributed by atoms with Crippen molar-refractivity contribution in [3.63, 3.8) is 0 Å². The van der Waals surface area contributed by atoms with Crippen LogP contribution in [0.1, 0.15) is 28.7 Å². The van der Waals surface area contributed by atoms with Crippen LogP contribution in [0.25, 0.3) is 10.9 Å². The van der Waals surface area contributed by atoms with E-state index in [4.69, 9.17) is 0 Å². The number of rotatable bonds is 6. The van der Waals surface area contributed by atoms with E-state index in [-0.39, 0.29) is 23.9 Å². The predicted octanol–water partition coefficient (Wildman–Crippen LogP) is 3.72. The molecular weight excluding hydrogens is 404 g/mol. The van der Waals surface area contributed by atoms with E-state index in [1.54, 1.807) is 47.4 Å². The van der Waals surface area contributed by atoms with Gasteiger partial charge in [0.25, 0.3) is 11.5 Å². The van der Waals surface area contributed by atoms with Crippen molar-refractivity contribution in [2.24, 2.45) is 0 Å². The molecule has 0 radical (unpaired) electrons. The second-order valence-corrected chi connectivity index (χ2v) is 7.44. The molecule has 160 valence electrons. The Morgan fingerprint density at radius 1 is 0.906 bits per heavy atom. The van der Waals surface area contributed by atoms with Crippen LogP contribution in [0.5, 0.6) is 0 Å². The van der Waals surface area contributed by atoms with Gasteiger partial charge in [0.15, 0.2) is 0 Å². The molecule has 0 unspecified atom stereocenters. The topological polar surface area (TPSA) is 95.2 Å². The zero-order valence-corrected chi connectivity index (χ0v) is 17.5. The molecule has 0 saturated heterocycles. The van der Waals surface area contributed by atoms with Gasteiger partial charge < -0.3 is 15.2 Å². The largest absolute Gasteiger partial charge is 0.327 e. The van der Waals surface area contributed by atoms with Crippen molar-refractivity contribution in [2.45, 2.75) is 20.0 Å². The first-order valence-corrected chi connectivity index (χ1v) is 10.2. The molecule has 0 fully saturated rings. The van der Waals surface area contributed by atoms with E-state index < -0.39 is 0 Å². The number of H-pyrrole nitrogens is 1. The Balaban J connectivity index is 1.65. The van der Waals surface area contributed by atoms with Crippen LogP contribution in [-0.4, -0.2) is 26.7 Å². The lowest BCUT2D eigenvalue weighted by Crippen LogP contribution is -2.31. The van der Waals surface area contributed by atoms with Crippen molar-refractivity contribution >= 4 is 28.4 Å². The number of hydrogen-bond acceptors (Lipinski definition) is 4. The van der Waals surface area contributed by atoms with Crippen molar-refractivity contribution in [2.75, 3.05) is 5.32 Å². The lowest BCUT2D eigenvalue weighted by molar-refractivity contribution is -0.114. The highest BCUT2D eigenvalue weighted by molar-refractivity contribution is 5.95. The van der Waals surface area contributed by atoms with E-state index >= 15 is 0 Å². The molecule has 2 N–H and O–H groups in total. The van der Waals surface area contributed by atoms with Gasteiger partial charge in [-0.15, -0.1) is 0 Å². The Morgan fingerprint density at radius 3 is 2.31 bits per heavy atom. The maximum absolute atomic E-state index is 13.4. The van der Waals surface area contributed by atoms with Crippen molar-refractivity contribution < 1.29 is 9.59 Å². The zero-order chi connectivity index (χ0) is 22.5. The number of anilines is 1. The fourth-order valence-electron chi connectivity index (χ4n) is 3.48. The lowest BCUT2D eigenvalue weighted by atomic mass is 10.1. The number of para-hydroxylation sites is 1. The lowest BCUT2D eigenvalue weighted by Gasteiger charge is -2.23. The molecular formula is C25H22N4O3. The predicted molar refractivity (Wildman–Crippen MR) is 123 cm³/mol. The summed E-state index contributed by atoms with van der Waals surface area (Å²) in [6.07, 6.45) is 0. The third kappa shape index (κ3) is 4.89. The van der Waals surface area contributed by atoms with Gasteiger partial charge in [-0.25, -0.2) is 4.98 Å². The van der Waals surface area contributed by atoms with Gasteiger partial charge in [-0.1, -0.05) is 42.5 Å². The minimum Gasteiger partial charge on any atom is -0.327 e. The number of carbonyl (C=O) groups is 2. The summed E-state index contributed by atoms with van der Waals surface area (Å²) in [6, 6.07) is 23.4. The summed E-state index contributed by atoms with van der Waals surface area (Å²) in [6.45, 7) is 1.92. The molecule has 2 amide bonds. The molecule has 7 heteroatoms. The first-order chi connectivity index (χ1) is 15.5. The standard InChI is InChI=1S/C25H22N4O3/c1-17(30)26-20-13-11-19(12-14-20)25(32)29(15-18-7-3-2-4-8-18)16-23-27-22-10-6-5-9-21(22)24(31)28-23/h2-14H,15-16H2,1H3,(H,26,30)(H,27,28,31). The molecule has 1 aromatic heterocycles. The van der Waals surface area contributed by atoms with Crippen LogP contribution in [-0.2, 0) is 17.9 Å². The zero-order valence-electron chi connectivity index (χ0n) is 17.5. The number of fused-ring (bicyclic) bond motifs is 1. The molecule has 0 aliphatic heterocycles. The molecule has 0 bridgehead atoms. The van der Waals surface area contributed by atoms with E-state index in [0.717, 1.165) is 5.56 Å². The van der Waals surface area contributed by atoms with Gasteiger partial charge >= 0.3 is 0 Å². The maximum atomic E-state index is 13.4. The monoisotopic (exact) mass is 426 g/mol. The van der Waals surface area contributed by atoms with Crippen LogP contribution in [0.15, 0.2) is 83.7 Å². The third-order valence-electron chi connectivity index (χ3n) is 4.96. The Labute approximate surface area is 184 Å². The number of carbonyl (C=O) groups excluding carboxylic acids is 2. The number of aromatic amines is 1. The highest BCUT2D eigenvalue weighted by Gasteiger charge is 2.18. The van der Waals surface area contributed by atoms with E-state index in [2.05, 4.69) is 15.3 Å². The molecule has 3 aromatic carbocycles. The molecule has 0 aliphatic rings. The average Bonchev–Trinajstić information content (AvgIpc) is 2.79. The first-order valence-electron chi connectivity index (χ1n) is 10.2. The van der Waals surface area contributed by atoms with Gasteiger partial charge in [-0.3, -0.25) is 14.4 Å². The Bertz CT molecular complexity index is 1310.